The van der Waals surface area contributed by atoms with Gasteiger partial charge in [0.2, 0.25) is 0 Å². The first-order valence-corrected chi connectivity index (χ1v) is 7.11. The molecule has 0 radical (unpaired) electrons. The fourth-order valence-corrected chi connectivity index (χ4v) is 2.34. The molecule has 0 saturated heterocycles. The first-order valence-electron chi connectivity index (χ1n) is 7.11. The van der Waals surface area contributed by atoms with Crippen LogP contribution >= 0.6 is 0 Å². The Balaban J connectivity index is 2.21. The highest BCUT2D eigenvalue weighted by molar-refractivity contribution is 5.36. The molecule has 1 heterocycles. The number of ether oxygens (including phenoxy) is 1. The smallest absolute Gasteiger partial charge is 0.138 e. The van der Waals surface area contributed by atoms with Crippen LogP contribution in [0.4, 0.5) is 0 Å². The predicted molar refractivity (Wildman–Crippen MR) is 81.6 cm³/mol. The largest absolute Gasteiger partial charge is 0.496 e. The van der Waals surface area contributed by atoms with Crippen LogP contribution in [0.25, 0.3) is 0 Å². The molecule has 114 valence electrons. The fraction of sp³-hybridized carbons (Fsp3) is 0.467. The Labute approximate surface area is 125 Å². The summed E-state index contributed by atoms with van der Waals surface area (Å²) in [6.07, 6.45) is 2.25. The molecule has 1 aromatic heterocycles. The van der Waals surface area contributed by atoms with Gasteiger partial charge in [-0.15, -0.1) is 0 Å². The van der Waals surface area contributed by atoms with Crippen molar-refractivity contribution in [3.8, 4) is 5.75 Å². The zero-order valence-corrected chi connectivity index (χ0v) is 12.8. The molecule has 0 spiro atoms. The van der Waals surface area contributed by atoms with Crippen LogP contribution in [0.15, 0.2) is 30.6 Å². The van der Waals surface area contributed by atoms with E-state index in [2.05, 4.69) is 29.4 Å². The second kappa shape index (κ2) is 7.19. The highest BCUT2D eigenvalue weighted by atomic mass is 16.5. The number of para-hydroxylation sites is 1. The van der Waals surface area contributed by atoms with Crippen LogP contribution in [0.5, 0.6) is 5.75 Å². The van der Waals surface area contributed by atoms with E-state index in [1.54, 1.807) is 13.4 Å². The molecule has 6 heteroatoms. The van der Waals surface area contributed by atoms with Gasteiger partial charge in [-0.05, 0) is 12.0 Å². The standard InChI is InChI=1S/C15H23N5O/c1-11(2)9-20-15(17-10-18-20)8-13(19-16)12-6-4-5-7-14(12)21-3/h4-7,10-11,13,19H,8-9,16H2,1-3H3. The molecule has 0 aliphatic rings. The summed E-state index contributed by atoms with van der Waals surface area (Å²) in [6, 6.07) is 7.78. The molecule has 2 aromatic rings. The van der Waals surface area contributed by atoms with Gasteiger partial charge in [-0.1, -0.05) is 32.0 Å². The van der Waals surface area contributed by atoms with E-state index < -0.39 is 0 Å². The van der Waals surface area contributed by atoms with Gasteiger partial charge in [0.25, 0.3) is 0 Å². The monoisotopic (exact) mass is 289 g/mol. The van der Waals surface area contributed by atoms with Crippen molar-refractivity contribution in [2.24, 2.45) is 11.8 Å². The zero-order valence-electron chi connectivity index (χ0n) is 12.8. The molecule has 0 saturated carbocycles. The molecule has 1 aromatic carbocycles. The minimum Gasteiger partial charge on any atom is -0.496 e. The Morgan fingerprint density at radius 1 is 1.33 bits per heavy atom. The third kappa shape index (κ3) is 3.80. The van der Waals surface area contributed by atoms with Gasteiger partial charge in [-0.2, -0.15) is 5.10 Å². The number of hydrazine groups is 1. The van der Waals surface area contributed by atoms with E-state index in [4.69, 9.17) is 10.6 Å². The second-order valence-electron chi connectivity index (χ2n) is 5.42. The van der Waals surface area contributed by atoms with Crippen LogP contribution < -0.4 is 16.0 Å². The van der Waals surface area contributed by atoms with E-state index in [0.29, 0.717) is 12.3 Å². The van der Waals surface area contributed by atoms with Crippen molar-refractivity contribution >= 4 is 0 Å². The number of hydrogen-bond donors (Lipinski definition) is 2. The molecular formula is C15H23N5O. The van der Waals surface area contributed by atoms with E-state index in [-0.39, 0.29) is 6.04 Å². The number of rotatable bonds is 7. The molecule has 6 nitrogen and oxygen atoms in total. The normalized spacial score (nSPS) is 12.6. The summed E-state index contributed by atoms with van der Waals surface area (Å²) in [7, 11) is 1.66. The molecule has 0 aliphatic heterocycles. The Morgan fingerprint density at radius 3 is 2.76 bits per heavy atom. The fourth-order valence-electron chi connectivity index (χ4n) is 2.34. The van der Waals surface area contributed by atoms with Gasteiger partial charge in [-0.25, -0.2) is 9.67 Å². The van der Waals surface area contributed by atoms with E-state index in [1.165, 1.54) is 0 Å². The number of nitrogens with zero attached hydrogens (tertiary/aromatic N) is 3. The molecule has 0 amide bonds. The van der Waals surface area contributed by atoms with Crippen LogP contribution in [0, 0.1) is 5.92 Å². The van der Waals surface area contributed by atoms with Gasteiger partial charge in [0.1, 0.15) is 17.9 Å². The third-order valence-electron chi connectivity index (χ3n) is 3.34. The maximum absolute atomic E-state index is 5.73. The Hall–Kier alpha value is -1.92. The van der Waals surface area contributed by atoms with Gasteiger partial charge in [0, 0.05) is 18.5 Å². The lowest BCUT2D eigenvalue weighted by molar-refractivity contribution is 0.395. The molecule has 0 fully saturated rings. The van der Waals surface area contributed by atoms with Crippen molar-refractivity contribution in [2.75, 3.05) is 7.11 Å². The van der Waals surface area contributed by atoms with Crippen LogP contribution in [-0.4, -0.2) is 21.9 Å². The molecule has 1 atom stereocenters. The Bertz CT molecular complexity index is 567. The van der Waals surface area contributed by atoms with E-state index >= 15 is 0 Å². The SMILES string of the molecule is COc1ccccc1C(Cc1ncnn1CC(C)C)NN. The number of aromatic nitrogens is 3. The predicted octanol–water partition coefficient (Wildman–Crippen LogP) is 1.69. The van der Waals surface area contributed by atoms with Crippen molar-refractivity contribution < 1.29 is 4.74 Å². The summed E-state index contributed by atoms with van der Waals surface area (Å²) >= 11 is 0. The second-order valence-corrected chi connectivity index (χ2v) is 5.42. The van der Waals surface area contributed by atoms with Crippen LogP contribution in [-0.2, 0) is 13.0 Å². The van der Waals surface area contributed by atoms with Crippen LogP contribution in [0.3, 0.4) is 0 Å². The number of hydrogen-bond acceptors (Lipinski definition) is 5. The maximum Gasteiger partial charge on any atom is 0.138 e. The summed E-state index contributed by atoms with van der Waals surface area (Å²) in [5.41, 5.74) is 3.87. The third-order valence-corrected chi connectivity index (χ3v) is 3.34. The highest BCUT2D eigenvalue weighted by Gasteiger charge is 2.18. The molecule has 21 heavy (non-hydrogen) atoms. The van der Waals surface area contributed by atoms with E-state index in [9.17, 15) is 0 Å². The van der Waals surface area contributed by atoms with Crippen molar-refractivity contribution in [3.05, 3.63) is 42.0 Å². The first kappa shape index (κ1) is 15.5. The quantitative estimate of drug-likeness (QED) is 0.599. The average Bonchev–Trinajstić information content (AvgIpc) is 2.91. The number of methoxy groups -OCH3 is 1. The average molecular weight is 289 g/mol. The van der Waals surface area contributed by atoms with Gasteiger partial charge in [-0.3, -0.25) is 11.3 Å². The van der Waals surface area contributed by atoms with Crippen molar-refractivity contribution in [1.29, 1.82) is 0 Å². The van der Waals surface area contributed by atoms with E-state index in [0.717, 1.165) is 23.7 Å². The molecule has 0 bridgehead atoms. The topological polar surface area (TPSA) is 78.0 Å². The van der Waals surface area contributed by atoms with E-state index in [1.807, 2.05) is 28.9 Å². The number of benzene rings is 1. The van der Waals surface area contributed by atoms with Crippen LogP contribution in [0.1, 0.15) is 31.3 Å². The summed E-state index contributed by atoms with van der Waals surface area (Å²) < 4.78 is 7.34. The van der Waals surface area contributed by atoms with Gasteiger partial charge < -0.3 is 4.74 Å². The van der Waals surface area contributed by atoms with Crippen molar-refractivity contribution in [3.63, 3.8) is 0 Å². The molecule has 1 unspecified atom stereocenters. The summed E-state index contributed by atoms with van der Waals surface area (Å²) in [5.74, 6) is 7.98. The van der Waals surface area contributed by atoms with Gasteiger partial charge in [0.05, 0.1) is 13.2 Å². The summed E-state index contributed by atoms with van der Waals surface area (Å²) in [6.45, 7) is 5.16. The maximum atomic E-state index is 5.73. The van der Waals surface area contributed by atoms with Gasteiger partial charge in [0.15, 0.2) is 0 Å². The van der Waals surface area contributed by atoms with Crippen molar-refractivity contribution in [2.45, 2.75) is 32.9 Å². The minimum absolute atomic E-state index is 0.0729. The molecule has 3 N–H and O–H groups in total. The molecule has 2 rings (SSSR count). The Kier molecular flexibility index (Phi) is 5.30. The molecular weight excluding hydrogens is 266 g/mol. The number of nitrogens with two attached hydrogens (primary N) is 1. The summed E-state index contributed by atoms with van der Waals surface area (Å²) in [5, 5.41) is 4.29. The minimum atomic E-state index is -0.0729. The lowest BCUT2D eigenvalue weighted by Crippen LogP contribution is -2.31. The lowest BCUT2D eigenvalue weighted by atomic mass is 10.0. The zero-order chi connectivity index (χ0) is 15.2. The van der Waals surface area contributed by atoms with Crippen molar-refractivity contribution in [1.82, 2.24) is 20.2 Å². The highest BCUT2D eigenvalue weighted by Crippen LogP contribution is 2.26. The van der Waals surface area contributed by atoms with Crippen LogP contribution in [0.2, 0.25) is 0 Å². The first-order chi connectivity index (χ1) is 10.2. The Morgan fingerprint density at radius 2 is 2.10 bits per heavy atom. The van der Waals surface area contributed by atoms with Gasteiger partial charge >= 0.3 is 0 Å². The number of nitrogens with one attached hydrogen (secondary N) is 1. The molecule has 0 aliphatic carbocycles. The summed E-state index contributed by atoms with van der Waals surface area (Å²) in [4.78, 5) is 4.35. The lowest BCUT2D eigenvalue weighted by Gasteiger charge is -2.19.